The zero-order valence-corrected chi connectivity index (χ0v) is 13.6. The topological polar surface area (TPSA) is 56.1 Å². The highest BCUT2D eigenvalue weighted by molar-refractivity contribution is 7.10. The van der Waals surface area contributed by atoms with E-state index in [0.29, 0.717) is 5.57 Å². The summed E-state index contributed by atoms with van der Waals surface area (Å²) in [6.07, 6.45) is 0. The van der Waals surface area contributed by atoms with Crippen molar-refractivity contribution in [2.75, 3.05) is 12.4 Å². The van der Waals surface area contributed by atoms with Gasteiger partial charge in [-0.1, -0.05) is 18.2 Å². The van der Waals surface area contributed by atoms with Crippen LogP contribution in [0.1, 0.15) is 17.8 Å². The van der Waals surface area contributed by atoms with Crippen LogP contribution in [0.15, 0.2) is 53.0 Å². The first-order valence-electron chi connectivity index (χ1n) is 7.27. The molecule has 3 aromatic rings. The van der Waals surface area contributed by atoms with E-state index in [0.717, 1.165) is 27.6 Å². The van der Waals surface area contributed by atoms with E-state index < -0.39 is 0 Å². The highest BCUT2D eigenvalue weighted by Crippen LogP contribution is 2.40. The summed E-state index contributed by atoms with van der Waals surface area (Å²) in [4.78, 5) is 18.1. The number of benzene rings is 1. The Bertz CT molecular complexity index is 925. The van der Waals surface area contributed by atoms with Crippen molar-refractivity contribution in [1.29, 1.82) is 0 Å². The number of nitrogens with one attached hydrogen (secondary N) is 1. The van der Waals surface area contributed by atoms with Gasteiger partial charge in [-0.3, -0.25) is 4.57 Å². The minimum Gasteiger partial charge on any atom is -0.466 e. The lowest BCUT2D eigenvalue weighted by molar-refractivity contribution is -0.136. The number of para-hydroxylation sites is 2. The van der Waals surface area contributed by atoms with E-state index in [4.69, 9.17) is 4.74 Å². The van der Waals surface area contributed by atoms with Crippen LogP contribution in [-0.4, -0.2) is 22.6 Å². The second kappa shape index (κ2) is 5.24. The van der Waals surface area contributed by atoms with Crippen molar-refractivity contribution in [2.24, 2.45) is 0 Å². The van der Waals surface area contributed by atoms with Gasteiger partial charge in [0.05, 0.1) is 23.7 Å². The highest BCUT2D eigenvalue weighted by Gasteiger charge is 2.35. The predicted octanol–water partition coefficient (Wildman–Crippen LogP) is 3.56. The van der Waals surface area contributed by atoms with E-state index >= 15 is 0 Å². The Morgan fingerprint density at radius 2 is 2.13 bits per heavy atom. The van der Waals surface area contributed by atoms with Crippen molar-refractivity contribution >= 4 is 34.3 Å². The summed E-state index contributed by atoms with van der Waals surface area (Å²) in [5.74, 6) is 0.423. The Labute approximate surface area is 137 Å². The van der Waals surface area contributed by atoms with Crippen LogP contribution in [0.4, 0.5) is 5.95 Å². The van der Waals surface area contributed by atoms with Crippen molar-refractivity contribution < 1.29 is 9.53 Å². The fraction of sp³-hybridized carbons (Fsp3) is 0.176. The molecule has 1 N–H and O–H groups in total. The average Bonchev–Trinajstić information content (AvgIpc) is 3.20. The molecule has 0 spiro atoms. The van der Waals surface area contributed by atoms with Gasteiger partial charge in [0, 0.05) is 10.6 Å². The van der Waals surface area contributed by atoms with Gasteiger partial charge in [0.1, 0.15) is 6.04 Å². The van der Waals surface area contributed by atoms with Crippen LogP contribution in [0, 0.1) is 0 Å². The number of methoxy groups -OCH3 is 1. The van der Waals surface area contributed by atoms with Crippen LogP contribution in [0.3, 0.4) is 0 Å². The molecule has 23 heavy (non-hydrogen) atoms. The first-order chi connectivity index (χ1) is 11.2. The minimum absolute atomic E-state index is 0.230. The lowest BCUT2D eigenvalue weighted by Crippen LogP contribution is -2.28. The first-order valence-corrected chi connectivity index (χ1v) is 8.15. The molecule has 0 fully saturated rings. The van der Waals surface area contributed by atoms with Crippen molar-refractivity contribution in [3.8, 4) is 0 Å². The van der Waals surface area contributed by atoms with E-state index in [1.54, 1.807) is 11.3 Å². The van der Waals surface area contributed by atoms with E-state index in [1.165, 1.54) is 7.11 Å². The van der Waals surface area contributed by atoms with Gasteiger partial charge in [-0.2, -0.15) is 0 Å². The molecule has 0 bridgehead atoms. The number of allylic oxidation sites excluding steroid dienone is 1. The average molecular weight is 325 g/mol. The number of hydrogen-bond acceptors (Lipinski definition) is 5. The lowest BCUT2D eigenvalue weighted by atomic mass is 10.0. The summed E-state index contributed by atoms with van der Waals surface area (Å²) in [7, 11) is 1.41. The van der Waals surface area contributed by atoms with Gasteiger partial charge < -0.3 is 10.1 Å². The smallest absolute Gasteiger partial charge is 0.338 e. The molecule has 0 aliphatic carbocycles. The number of rotatable bonds is 2. The minimum atomic E-state index is -0.322. The summed E-state index contributed by atoms with van der Waals surface area (Å²) < 4.78 is 7.10. The SMILES string of the molecule is COC(=O)C1=C(C)Nc2nc3ccccc3n2[C@@H]1c1cccs1. The summed E-state index contributed by atoms with van der Waals surface area (Å²) in [5.41, 5.74) is 3.28. The van der Waals surface area contributed by atoms with Gasteiger partial charge in [-0.25, -0.2) is 9.78 Å². The van der Waals surface area contributed by atoms with Gasteiger partial charge in [-0.05, 0) is 30.5 Å². The predicted molar refractivity (Wildman–Crippen MR) is 90.5 cm³/mol. The number of fused-ring (bicyclic) bond motifs is 3. The third-order valence-corrected chi connectivity index (χ3v) is 4.97. The Hall–Kier alpha value is -2.60. The van der Waals surface area contributed by atoms with Crippen LogP contribution in [0.5, 0.6) is 0 Å². The summed E-state index contributed by atoms with van der Waals surface area (Å²) >= 11 is 1.62. The van der Waals surface area contributed by atoms with Crippen LogP contribution in [0.25, 0.3) is 11.0 Å². The van der Waals surface area contributed by atoms with Crippen LogP contribution in [-0.2, 0) is 9.53 Å². The Balaban J connectivity index is 2.02. The maximum absolute atomic E-state index is 12.4. The standard InChI is InChI=1S/C17H15N3O2S/c1-10-14(16(21)22-2)15(13-8-5-9-23-13)20-12-7-4-3-6-11(12)19-17(20)18-10/h3-9,15H,1-2H3,(H,18,19)/t15-/m1/s1. The molecule has 3 heterocycles. The molecule has 0 amide bonds. The number of carbonyl (C=O) groups excluding carboxylic acids is 1. The van der Waals surface area contributed by atoms with Crippen molar-refractivity contribution in [3.05, 3.63) is 57.9 Å². The van der Waals surface area contributed by atoms with Crippen molar-refractivity contribution in [3.63, 3.8) is 0 Å². The molecule has 116 valence electrons. The largest absolute Gasteiger partial charge is 0.466 e. The zero-order chi connectivity index (χ0) is 16.0. The molecular formula is C17H15N3O2S. The van der Waals surface area contributed by atoms with E-state index in [9.17, 15) is 4.79 Å². The number of hydrogen-bond donors (Lipinski definition) is 1. The maximum Gasteiger partial charge on any atom is 0.338 e. The van der Waals surface area contributed by atoms with Crippen molar-refractivity contribution in [1.82, 2.24) is 9.55 Å². The molecule has 1 aromatic carbocycles. The molecule has 0 unspecified atom stereocenters. The number of imidazole rings is 1. The number of aromatic nitrogens is 2. The van der Waals surface area contributed by atoms with E-state index in [1.807, 2.05) is 48.7 Å². The fourth-order valence-electron chi connectivity index (χ4n) is 3.05. The second-order valence-electron chi connectivity index (χ2n) is 5.37. The molecule has 4 rings (SSSR count). The third kappa shape index (κ3) is 2.06. The second-order valence-corrected chi connectivity index (χ2v) is 6.35. The normalized spacial score (nSPS) is 17.0. The summed E-state index contributed by atoms with van der Waals surface area (Å²) in [6.45, 7) is 1.88. The molecule has 0 saturated heterocycles. The van der Waals surface area contributed by atoms with Crippen LogP contribution in [0.2, 0.25) is 0 Å². The third-order valence-electron chi connectivity index (χ3n) is 4.05. The zero-order valence-electron chi connectivity index (χ0n) is 12.7. The molecule has 1 atom stereocenters. The molecule has 5 nitrogen and oxygen atoms in total. The molecule has 0 radical (unpaired) electrons. The number of carbonyl (C=O) groups is 1. The molecule has 6 heteroatoms. The van der Waals surface area contributed by atoms with Crippen LogP contribution >= 0.6 is 11.3 Å². The summed E-state index contributed by atoms with van der Waals surface area (Å²) in [5, 5.41) is 5.26. The van der Waals surface area contributed by atoms with Gasteiger partial charge >= 0.3 is 5.97 Å². The number of esters is 1. The van der Waals surface area contributed by atoms with E-state index in [2.05, 4.69) is 14.9 Å². The Morgan fingerprint density at radius 1 is 1.30 bits per heavy atom. The Morgan fingerprint density at radius 3 is 2.87 bits per heavy atom. The van der Waals surface area contributed by atoms with Crippen molar-refractivity contribution in [2.45, 2.75) is 13.0 Å². The summed E-state index contributed by atoms with van der Waals surface area (Å²) in [6, 6.07) is 11.7. The molecular weight excluding hydrogens is 310 g/mol. The number of ether oxygens (including phenoxy) is 1. The number of nitrogens with zero attached hydrogens (tertiary/aromatic N) is 2. The van der Waals surface area contributed by atoms with Crippen LogP contribution < -0.4 is 5.32 Å². The van der Waals surface area contributed by atoms with E-state index in [-0.39, 0.29) is 12.0 Å². The molecule has 2 aromatic heterocycles. The number of thiophene rings is 1. The first kappa shape index (κ1) is 14.0. The van der Waals surface area contributed by atoms with Gasteiger partial charge in [-0.15, -0.1) is 11.3 Å². The van der Waals surface area contributed by atoms with Gasteiger partial charge in [0.25, 0.3) is 0 Å². The fourth-order valence-corrected chi connectivity index (χ4v) is 3.88. The molecule has 0 saturated carbocycles. The highest BCUT2D eigenvalue weighted by atomic mass is 32.1. The maximum atomic E-state index is 12.4. The quantitative estimate of drug-likeness (QED) is 0.732. The molecule has 1 aliphatic rings. The van der Waals surface area contributed by atoms with Gasteiger partial charge in [0.2, 0.25) is 5.95 Å². The number of anilines is 1. The molecule has 1 aliphatic heterocycles. The monoisotopic (exact) mass is 325 g/mol. The lowest BCUT2D eigenvalue weighted by Gasteiger charge is -2.28. The Kier molecular flexibility index (Phi) is 3.20. The van der Waals surface area contributed by atoms with Gasteiger partial charge in [0.15, 0.2) is 0 Å².